The quantitative estimate of drug-likeness (QED) is 0.604. The molecule has 94 valence electrons. The normalized spacial score (nSPS) is 38.6. The van der Waals surface area contributed by atoms with E-state index in [1.165, 1.54) is 6.42 Å². The van der Waals surface area contributed by atoms with E-state index < -0.39 is 0 Å². The molecule has 0 aromatic heterocycles. The summed E-state index contributed by atoms with van der Waals surface area (Å²) in [4.78, 5) is 13.9. The highest BCUT2D eigenvalue weighted by Crippen LogP contribution is 2.51. The van der Waals surface area contributed by atoms with Gasteiger partial charge in [0.1, 0.15) is 5.60 Å². The van der Waals surface area contributed by atoms with Gasteiger partial charge in [-0.3, -0.25) is 0 Å². The van der Waals surface area contributed by atoms with Crippen LogP contribution >= 0.6 is 0 Å². The number of carbonyl (C=O) groups excluding carboxylic acids is 1. The molecule has 3 aliphatic rings. The molecule has 1 saturated heterocycles. The minimum Gasteiger partial charge on any atom is -0.444 e. The van der Waals surface area contributed by atoms with Crippen molar-refractivity contribution in [1.82, 2.24) is 4.90 Å². The lowest BCUT2D eigenvalue weighted by molar-refractivity contribution is 0.0276. The summed E-state index contributed by atoms with van der Waals surface area (Å²) < 4.78 is 5.44. The van der Waals surface area contributed by atoms with Crippen LogP contribution in [0.1, 0.15) is 27.2 Å². The maximum Gasteiger partial charge on any atom is 0.410 e. The molecule has 1 aliphatic heterocycles. The molecule has 0 unspecified atom stereocenters. The SMILES string of the molecule is CC(C)(C)OC(=O)N1C[C@@H]2[C@H](C1)[C@@H]1C=C[C@H]2C1. The van der Waals surface area contributed by atoms with Crippen molar-refractivity contribution in [2.75, 3.05) is 13.1 Å². The van der Waals surface area contributed by atoms with E-state index in [1.54, 1.807) is 0 Å². The van der Waals surface area contributed by atoms with Crippen molar-refractivity contribution in [2.24, 2.45) is 23.7 Å². The van der Waals surface area contributed by atoms with Crippen molar-refractivity contribution >= 4 is 6.09 Å². The Morgan fingerprint density at radius 3 is 2.18 bits per heavy atom. The molecule has 3 rings (SSSR count). The van der Waals surface area contributed by atoms with E-state index >= 15 is 0 Å². The van der Waals surface area contributed by atoms with Gasteiger partial charge in [0, 0.05) is 13.1 Å². The largest absolute Gasteiger partial charge is 0.444 e. The standard InChI is InChI=1S/C14H21NO2/c1-14(2,3)17-13(16)15-7-11-9-4-5-10(6-9)12(11)8-15/h4-5,9-12H,6-8H2,1-3H3/t9-,10+,11-,12+. The number of carbonyl (C=O) groups is 1. The van der Waals surface area contributed by atoms with Gasteiger partial charge >= 0.3 is 6.09 Å². The van der Waals surface area contributed by atoms with Gasteiger partial charge in [-0.15, -0.1) is 0 Å². The Hall–Kier alpha value is -0.990. The molecule has 0 spiro atoms. The van der Waals surface area contributed by atoms with Crippen LogP contribution in [0.3, 0.4) is 0 Å². The average Bonchev–Trinajstić information content (AvgIpc) is 2.87. The van der Waals surface area contributed by atoms with Crippen LogP contribution in [0.2, 0.25) is 0 Å². The zero-order valence-electron chi connectivity index (χ0n) is 10.8. The van der Waals surface area contributed by atoms with E-state index in [0.717, 1.165) is 24.9 Å². The monoisotopic (exact) mass is 235 g/mol. The number of ether oxygens (including phenoxy) is 1. The predicted molar refractivity (Wildman–Crippen MR) is 65.5 cm³/mol. The first-order valence-electron chi connectivity index (χ1n) is 6.60. The molecule has 3 nitrogen and oxygen atoms in total. The van der Waals surface area contributed by atoms with Crippen molar-refractivity contribution in [1.29, 1.82) is 0 Å². The van der Waals surface area contributed by atoms with Gasteiger partial charge in [-0.1, -0.05) is 12.2 Å². The topological polar surface area (TPSA) is 29.5 Å². The van der Waals surface area contributed by atoms with Gasteiger partial charge in [0.25, 0.3) is 0 Å². The number of amides is 1. The number of hydrogen-bond acceptors (Lipinski definition) is 2. The van der Waals surface area contributed by atoms with Crippen LogP contribution in [0.5, 0.6) is 0 Å². The Labute approximate surface area is 103 Å². The lowest BCUT2D eigenvalue weighted by atomic mass is 9.86. The zero-order valence-corrected chi connectivity index (χ0v) is 10.8. The first-order valence-corrected chi connectivity index (χ1v) is 6.60. The number of allylic oxidation sites excluding steroid dienone is 2. The summed E-state index contributed by atoms with van der Waals surface area (Å²) in [6.45, 7) is 7.56. The third kappa shape index (κ3) is 1.85. The van der Waals surface area contributed by atoms with Crippen molar-refractivity contribution in [2.45, 2.75) is 32.8 Å². The highest BCUT2D eigenvalue weighted by Gasteiger charge is 2.50. The molecule has 1 amide bonds. The number of hydrogen-bond donors (Lipinski definition) is 0. The summed E-state index contributed by atoms with van der Waals surface area (Å²) in [6, 6.07) is 0. The van der Waals surface area contributed by atoms with Gasteiger partial charge in [-0.05, 0) is 50.9 Å². The minimum atomic E-state index is -0.383. The summed E-state index contributed by atoms with van der Waals surface area (Å²) in [5.74, 6) is 2.82. The van der Waals surface area contributed by atoms with Gasteiger partial charge in [-0.25, -0.2) is 4.79 Å². The third-order valence-corrected chi connectivity index (χ3v) is 4.31. The first-order chi connectivity index (χ1) is 7.94. The number of likely N-dealkylation sites (tertiary alicyclic amines) is 1. The van der Waals surface area contributed by atoms with Gasteiger partial charge in [0.15, 0.2) is 0 Å². The smallest absolute Gasteiger partial charge is 0.410 e. The molecular weight excluding hydrogens is 214 g/mol. The molecule has 17 heavy (non-hydrogen) atoms. The molecule has 2 aliphatic carbocycles. The van der Waals surface area contributed by atoms with Gasteiger partial charge in [0.2, 0.25) is 0 Å². The Morgan fingerprint density at radius 1 is 1.18 bits per heavy atom. The van der Waals surface area contributed by atoms with E-state index in [9.17, 15) is 4.79 Å². The molecule has 3 heteroatoms. The second kappa shape index (κ2) is 3.50. The maximum atomic E-state index is 12.0. The molecule has 0 N–H and O–H groups in total. The van der Waals surface area contributed by atoms with Crippen LogP contribution in [0.25, 0.3) is 0 Å². The van der Waals surface area contributed by atoms with Gasteiger partial charge in [0.05, 0.1) is 0 Å². The van der Waals surface area contributed by atoms with Gasteiger partial charge < -0.3 is 9.64 Å². The van der Waals surface area contributed by atoms with E-state index in [-0.39, 0.29) is 11.7 Å². The van der Waals surface area contributed by atoms with Crippen molar-refractivity contribution in [3.63, 3.8) is 0 Å². The molecule has 2 fully saturated rings. The van der Waals surface area contributed by atoms with Crippen LogP contribution in [-0.4, -0.2) is 29.7 Å². The molecule has 0 aromatic carbocycles. The highest BCUT2D eigenvalue weighted by molar-refractivity contribution is 5.68. The number of nitrogens with zero attached hydrogens (tertiary/aromatic N) is 1. The van der Waals surface area contributed by atoms with Crippen LogP contribution < -0.4 is 0 Å². The third-order valence-electron chi connectivity index (χ3n) is 4.31. The van der Waals surface area contributed by atoms with Crippen LogP contribution in [0, 0.1) is 23.7 Å². The molecule has 1 heterocycles. The van der Waals surface area contributed by atoms with E-state index in [1.807, 2.05) is 25.7 Å². The fourth-order valence-electron chi connectivity index (χ4n) is 3.63. The summed E-state index contributed by atoms with van der Waals surface area (Å²) in [6.07, 6.45) is 5.89. The molecular formula is C14H21NO2. The summed E-state index contributed by atoms with van der Waals surface area (Å²) in [7, 11) is 0. The second-order valence-corrected chi connectivity index (χ2v) is 6.66. The summed E-state index contributed by atoms with van der Waals surface area (Å²) >= 11 is 0. The lowest BCUT2D eigenvalue weighted by Crippen LogP contribution is -2.36. The average molecular weight is 235 g/mol. The van der Waals surface area contributed by atoms with Crippen molar-refractivity contribution < 1.29 is 9.53 Å². The maximum absolute atomic E-state index is 12.0. The minimum absolute atomic E-state index is 0.133. The van der Waals surface area contributed by atoms with E-state index in [2.05, 4.69) is 12.2 Å². The lowest BCUT2D eigenvalue weighted by Gasteiger charge is -2.25. The molecule has 2 bridgehead atoms. The van der Waals surface area contributed by atoms with Crippen LogP contribution in [0.4, 0.5) is 4.79 Å². The Balaban J connectivity index is 1.64. The fraction of sp³-hybridized carbons (Fsp3) is 0.786. The first kappa shape index (κ1) is 11.1. The second-order valence-electron chi connectivity index (χ2n) is 6.66. The Bertz CT molecular complexity index is 349. The zero-order chi connectivity index (χ0) is 12.2. The van der Waals surface area contributed by atoms with E-state index in [4.69, 9.17) is 4.74 Å². The number of fused-ring (bicyclic) bond motifs is 5. The Kier molecular flexibility index (Phi) is 2.29. The van der Waals surface area contributed by atoms with Crippen molar-refractivity contribution in [3.8, 4) is 0 Å². The van der Waals surface area contributed by atoms with Gasteiger partial charge in [-0.2, -0.15) is 0 Å². The predicted octanol–water partition coefficient (Wildman–Crippen LogP) is 2.68. The summed E-state index contributed by atoms with van der Waals surface area (Å²) in [5, 5.41) is 0. The molecule has 1 saturated carbocycles. The molecule has 0 aromatic rings. The van der Waals surface area contributed by atoms with E-state index in [0.29, 0.717) is 11.8 Å². The fourth-order valence-corrected chi connectivity index (χ4v) is 3.63. The summed E-state index contributed by atoms with van der Waals surface area (Å²) in [5.41, 5.74) is -0.383. The van der Waals surface area contributed by atoms with Crippen LogP contribution in [0.15, 0.2) is 12.2 Å². The molecule has 0 radical (unpaired) electrons. The molecule has 4 atom stereocenters. The van der Waals surface area contributed by atoms with Crippen molar-refractivity contribution in [3.05, 3.63) is 12.2 Å². The number of rotatable bonds is 0. The highest BCUT2D eigenvalue weighted by atomic mass is 16.6. The Morgan fingerprint density at radius 2 is 1.71 bits per heavy atom. The van der Waals surface area contributed by atoms with Crippen LogP contribution in [-0.2, 0) is 4.74 Å².